The van der Waals surface area contributed by atoms with Crippen LogP contribution < -0.4 is 10.2 Å². The Morgan fingerprint density at radius 3 is 2.16 bits per heavy atom. The number of hydrazone groups is 1. The van der Waals surface area contributed by atoms with Gasteiger partial charge in [-0.05, 0) is 45.7 Å². The Morgan fingerprint density at radius 1 is 0.903 bits per heavy atom. The highest BCUT2D eigenvalue weighted by atomic mass is 16.5. The molecule has 2 N–H and O–H groups in total. The molecule has 0 amide bonds. The molecule has 0 aromatic heterocycles. The summed E-state index contributed by atoms with van der Waals surface area (Å²) in [6.45, 7) is 13.2. The van der Waals surface area contributed by atoms with Crippen LogP contribution in [0, 0.1) is 5.41 Å². The van der Waals surface area contributed by atoms with Gasteiger partial charge in [0.15, 0.2) is 0 Å². The van der Waals surface area contributed by atoms with Gasteiger partial charge in [0, 0.05) is 5.56 Å². The first kappa shape index (κ1) is 22.5. The average molecular weight is 416 g/mol. The van der Waals surface area contributed by atoms with E-state index in [1.54, 1.807) is 13.2 Å². The molecule has 0 unspecified atom stereocenters. The van der Waals surface area contributed by atoms with Crippen molar-refractivity contribution < 1.29 is 4.74 Å². The van der Waals surface area contributed by atoms with Crippen LogP contribution in [0.1, 0.15) is 58.2 Å². The zero-order chi connectivity index (χ0) is 22.8. The highest BCUT2D eigenvalue weighted by Gasteiger charge is 2.26. The maximum Gasteiger partial charge on any atom is 0.147 e. The lowest BCUT2D eigenvalue weighted by molar-refractivity contribution is 0.398. The maximum absolute atomic E-state index is 8.31. The van der Waals surface area contributed by atoms with Crippen molar-refractivity contribution in [1.82, 2.24) is 0 Å². The van der Waals surface area contributed by atoms with Crippen LogP contribution in [-0.2, 0) is 10.8 Å². The number of nitrogens with zero attached hydrogens (tertiary/aromatic N) is 1. The number of anilines is 1. The predicted molar refractivity (Wildman–Crippen MR) is 133 cm³/mol. The maximum atomic E-state index is 8.31. The molecule has 0 atom stereocenters. The van der Waals surface area contributed by atoms with Gasteiger partial charge in [0.2, 0.25) is 0 Å². The van der Waals surface area contributed by atoms with Crippen molar-refractivity contribution in [2.24, 2.45) is 5.10 Å². The van der Waals surface area contributed by atoms with E-state index in [2.05, 4.69) is 76.3 Å². The number of nitrogens with one attached hydrogen (secondary N) is 2. The lowest BCUT2D eigenvalue weighted by Gasteiger charge is -2.28. The standard InChI is InChI=1S/C27H33N3O/c1-26(2,3)20-16-21(27(4,5)6)25(31-7)24(17-20)30-29-23-15-19(13-14-22(23)28)18-11-9-8-10-12-18/h8-17,28,30H,1-7H3/b28-22?,29-23-. The van der Waals surface area contributed by atoms with E-state index in [1.165, 1.54) is 5.56 Å². The van der Waals surface area contributed by atoms with Gasteiger partial charge in [0.1, 0.15) is 11.5 Å². The molecule has 0 spiro atoms. The minimum atomic E-state index is -0.0865. The van der Waals surface area contributed by atoms with Crippen LogP contribution in [0.4, 0.5) is 5.69 Å². The minimum absolute atomic E-state index is 0.0174. The Labute approximate surface area is 186 Å². The first-order chi connectivity index (χ1) is 14.5. The average Bonchev–Trinajstić information content (AvgIpc) is 2.71. The number of ether oxygens (including phenoxy) is 1. The summed E-state index contributed by atoms with van der Waals surface area (Å²) >= 11 is 0. The van der Waals surface area contributed by atoms with Gasteiger partial charge >= 0.3 is 0 Å². The van der Waals surface area contributed by atoms with Crippen molar-refractivity contribution in [1.29, 1.82) is 5.41 Å². The van der Waals surface area contributed by atoms with Crippen LogP contribution in [0.5, 0.6) is 5.75 Å². The normalized spacial score (nSPS) is 15.8. The van der Waals surface area contributed by atoms with Crippen molar-refractivity contribution in [3.05, 3.63) is 77.4 Å². The molecule has 0 aliphatic heterocycles. The van der Waals surface area contributed by atoms with Crippen LogP contribution in [0.3, 0.4) is 0 Å². The molecular formula is C27H33N3O. The van der Waals surface area contributed by atoms with Crippen molar-refractivity contribution in [2.45, 2.75) is 52.4 Å². The number of benzene rings is 2. The summed E-state index contributed by atoms with van der Waals surface area (Å²) in [6.07, 6.45) is 5.68. The molecule has 0 bridgehead atoms. The van der Waals surface area contributed by atoms with E-state index in [0.717, 1.165) is 28.1 Å². The van der Waals surface area contributed by atoms with E-state index in [-0.39, 0.29) is 10.8 Å². The molecule has 0 saturated carbocycles. The van der Waals surface area contributed by atoms with Crippen LogP contribution >= 0.6 is 0 Å². The molecule has 1 aliphatic carbocycles. The number of hydrogen-bond donors (Lipinski definition) is 2. The Morgan fingerprint density at radius 2 is 1.58 bits per heavy atom. The zero-order valence-electron chi connectivity index (χ0n) is 19.6. The third-order valence-electron chi connectivity index (χ3n) is 5.37. The van der Waals surface area contributed by atoms with Gasteiger partial charge in [-0.1, -0.05) is 84.0 Å². The largest absolute Gasteiger partial charge is 0.494 e. The van der Waals surface area contributed by atoms with E-state index in [0.29, 0.717) is 11.4 Å². The number of hydrogen-bond acceptors (Lipinski definition) is 4. The predicted octanol–water partition coefficient (Wildman–Crippen LogP) is 6.73. The molecule has 0 radical (unpaired) electrons. The van der Waals surface area contributed by atoms with Crippen LogP contribution in [0.25, 0.3) is 5.57 Å². The summed E-state index contributed by atoms with van der Waals surface area (Å²) in [5.41, 5.74) is 9.33. The molecule has 0 heterocycles. The molecule has 3 rings (SSSR count). The first-order valence-corrected chi connectivity index (χ1v) is 10.6. The fourth-order valence-corrected chi connectivity index (χ4v) is 3.48. The molecule has 0 saturated heterocycles. The second-order valence-electron chi connectivity index (χ2n) is 9.93. The molecule has 4 heteroatoms. The summed E-state index contributed by atoms with van der Waals surface area (Å²) in [6, 6.07) is 14.5. The molecule has 2 aromatic rings. The van der Waals surface area contributed by atoms with Gasteiger partial charge in [-0.15, -0.1) is 0 Å². The molecule has 31 heavy (non-hydrogen) atoms. The van der Waals surface area contributed by atoms with E-state index < -0.39 is 0 Å². The van der Waals surface area contributed by atoms with Crippen molar-refractivity contribution >= 4 is 22.7 Å². The van der Waals surface area contributed by atoms with Crippen LogP contribution in [0.2, 0.25) is 0 Å². The summed E-state index contributed by atoms with van der Waals surface area (Å²) in [5.74, 6) is 0.787. The zero-order valence-corrected chi connectivity index (χ0v) is 19.6. The summed E-state index contributed by atoms with van der Waals surface area (Å²) < 4.78 is 5.81. The van der Waals surface area contributed by atoms with E-state index in [4.69, 9.17) is 10.1 Å². The Kier molecular flexibility index (Phi) is 6.21. The Balaban J connectivity index is 2.05. The monoisotopic (exact) mass is 415 g/mol. The highest BCUT2D eigenvalue weighted by Crippen LogP contribution is 2.41. The van der Waals surface area contributed by atoms with Crippen molar-refractivity contribution in [3.8, 4) is 5.75 Å². The van der Waals surface area contributed by atoms with E-state index >= 15 is 0 Å². The fourth-order valence-electron chi connectivity index (χ4n) is 3.48. The van der Waals surface area contributed by atoms with Gasteiger partial charge in [-0.2, -0.15) is 5.10 Å². The minimum Gasteiger partial charge on any atom is -0.494 e. The lowest BCUT2D eigenvalue weighted by Crippen LogP contribution is -2.19. The fraction of sp³-hybridized carbons (Fsp3) is 0.333. The number of allylic oxidation sites excluding steroid dienone is 4. The second kappa shape index (κ2) is 8.54. The number of rotatable bonds is 4. The Hall–Kier alpha value is -3.14. The van der Waals surface area contributed by atoms with Crippen LogP contribution in [0.15, 0.2) is 65.8 Å². The number of methoxy groups -OCH3 is 1. The molecule has 162 valence electrons. The van der Waals surface area contributed by atoms with Gasteiger partial charge in [0.05, 0.1) is 18.5 Å². The van der Waals surface area contributed by atoms with Gasteiger partial charge in [-0.3, -0.25) is 10.8 Å². The van der Waals surface area contributed by atoms with Gasteiger partial charge in [-0.25, -0.2) is 0 Å². The second-order valence-corrected chi connectivity index (χ2v) is 9.93. The van der Waals surface area contributed by atoms with Gasteiger partial charge < -0.3 is 4.74 Å². The van der Waals surface area contributed by atoms with E-state index in [1.807, 2.05) is 30.4 Å². The topological polar surface area (TPSA) is 57.5 Å². The summed E-state index contributed by atoms with van der Waals surface area (Å²) in [7, 11) is 1.69. The smallest absolute Gasteiger partial charge is 0.147 e. The Bertz CT molecular complexity index is 1060. The summed E-state index contributed by atoms with van der Waals surface area (Å²) in [4.78, 5) is 0. The lowest BCUT2D eigenvalue weighted by atomic mass is 9.79. The SMILES string of the molecule is COc1c(N/N=C2/C=C(c3ccccc3)C=CC2=N)cc(C(C)(C)C)cc1C(C)(C)C. The molecule has 4 nitrogen and oxygen atoms in total. The van der Waals surface area contributed by atoms with Crippen LogP contribution in [-0.4, -0.2) is 18.5 Å². The highest BCUT2D eigenvalue weighted by molar-refractivity contribution is 6.51. The molecule has 2 aromatic carbocycles. The molecule has 0 fully saturated rings. The quantitative estimate of drug-likeness (QED) is 0.429. The van der Waals surface area contributed by atoms with Gasteiger partial charge in [0.25, 0.3) is 0 Å². The van der Waals surface area contributed by atoms with Crippen molar-refractivity contribution in [3.63, 3.8) is 0 Å². The molecule has 1 aliphatic rings. The molecular weight excluding hydrogens is 382 g/mol. The first-order valence-electron chi connectivity index (χ1n) is 10.6. The third-order valence-corrected chi connectivity index (χ3v) is 5.37. The van der Waals surface area contributed by atoms with Crippen molar-refractivity contribution in [2.75, 3.05) is 12.5 Å². The van der Waals surface area contributed by atoms with E-state index in [9.17, 15) is 0 Å². The third kappa shape index (κ3) is 5.13. The summed E-state index contributed by atoms with van der Waals surface area (Å²) in [5, 5.41) is 12.9.